The number of aldehydes is 1. The molecule has 0 radical (unpaired) electrons. The fourth-order valence-electron chi connectivity index (χ4n) is 0.845. The molecular formula is C8H16O2. The number of unbranched alkanes of at least 4 members (excludes halogenated alkanes) is 1. The fraction of sp³-hybridized carbons (Fsp3) is 0.875. The summed E-state index contributed by atoms with van der Waals surface area (Å²) in [5.74, 6) is 0. The van der Waals surface area contributed by atoms with Gasteiger partial charge in [0.1, 0.15) is 6.29 Å². The smallest absolute Gasteiger partial charge is 0.120 e. The van der Waals surface area contributed by atoms with Crippen LogP contribution in [-0.4, -0.2) is 17.5 Å². The van der Waals surface area contributed by atoms with Gasteiger partial charge in [0.25, 0.3) is 0 Å². The summed E-state index contributed by atoms with van der Waals surface area (Å²) in [7, 11) is 0. The van der Waals surface area contributed by atoms with Crippen LogP contribution in [0.5, 0.6) is 0 Å². The molecule has 0 fully saturated rings. The zero-order valence-corrected chi connectivity index (χ0v) is 6.55. The molecule has 1 unspecified atom stereocenters. The first-order valence-corrected chi connectivity index (χ1v) is 3.93. The minimum atomic E-state index is -0.259. The molecule has 2 nitrogen and oxygen atoms in total. The van der Waals surface area contributed by atoms with Crippen LogP contribution in [0.25, 0.3) is 0 Å². The van der Waals surface area contributed by atoms with Gasteiger partial charge in [-0.3, -0.25) is 0 Å². The summed E-state index contributed by atoms with van der Waals surface area (Å²) in [4.78, 5) is 9.87. The highest BCUT2D eigenvalue weighted by Crippen LogP contribution is 2.04. The van der Waals surface area contributed by atoms with Crippen molar-refractivity contribution in [2.75, 3.05) is 0 Å². The molecule has 1 N–H and O–H groups in total. The van der Waals surface area contributed by atoms with E-state index in [1.165, 1.54) is 0 Å². The Balaban J connectivity index is 3.07. The van der Waals surface area contributed by atoms with Crippen molar-refractivity contribution in [2.45, 2.75) is 45.1 Å². The molecule has 0 amide bonds. The van der Waals surface area contributed by atoms with Gasteiger partial charge in [-0.1, -0.05) is 19.8 Å². The van der Waals surface area contributed by atoms with Crippen LogP contribution < -0.4 is 0 Å². The number of rotatable bonds is 6. The molecule has 0 aliphatic carbocycles. The molecule has 0 saturated heterocycles. The first-order valence-electron chi connectivity index (χ1n) is 3.93. The minimum absolute atomic E-state index is 0.259. The van der Waals surface area contributed by atoms with Crippen molar-refractivity contribution in [1.29, 1.82) is 0 Å². The van der Waals surface area contributed by atoms with E-state index in [1.807, 2.05) is 0 Å². The van der Waals surface area contributed by atoms with E-state index in [2.05, 4.69) is 6.92 Å². The highest BCUT2D eigenvalue weighted by atomic mass is 16.3. The number of hydrogen-bond donors (Lipinski definition) is 1. The zero-order chi connectivity index (χ0) is 7.82. The monoisotopic (exact) mass is 144 g/mol. The predicted molar refractivity (Wildman–Crippen MR) is 40.8 cm³/mol. The maximum Gasteiger partial charge on any atom is 0.120 e. The number of hydrogen-bond acceptors (Lipinski definition) is 2. The lowest BCUT2D eigenvalue weighted by Crippen LogP contribution is -2.05. The number of carbonyl (C=O) groups is 1. The van der Waals surface area contributed by atoms with E-state index < -0.39 is 0 Å². The van der Waals surface area contributed by atoms with Crippen LogP contribution in [0.2, 0.25) is 0 Å². The standard InChI is InChI=1S/C8H16O2/c1-2-3-5-8(10)6-4-7-9/h7-8,10H,2-6H2,1H3. The molecule has 0 aromatic carbocycles. The lowest BCUT2D eigenvalue weighted by atomic mass is 10.1. The Labute approximate surface area is 62.2 Å². The lowest BCUT2D eigenvalue weighted by Gasteiger charge is -2.05. The fourth-order valence-corrected chi connectivity index (χ4v) is 0.845. The van der Waals surface area contributed by atoms with Crippen LogP contribution >= 0.6 is 0 Å². The molecule has 10 heavy (non-hydrogen) atoms. The Morgan fingerprint density at radius 1 is 1.50 bits per heavy atom. The van der Waals surface area contributed by atoms with Gasteiger partial charge in [0.15, 0.2) is 0 Å². The van der Waals surface area contributed by atoms with Crippen molar-refractivity contribution in [3.05, 3.63) is 0 Å². The third kappa shape index (κ3) is 5.76. The van der Waals surface area contributed by atoms with E-state index in [4.69, 9.17) is 5.11 Å². The molecule has 0 spiro atoms. The minimum Gasteiger partial charge on any atom is -0.393 e. The molecule has 0 heterocycles. The molecule has 0 saturated carbocycles. The van der Waals surface area contributed by atoms with E-state index in [0.29, 0.717) is 12.8 Å². The topological polar surface area (TPSA) is 37.3 Å². The van der Waals surface area contributed by atoms with Gasteiger partial charge in [0.2, 0.25) is 0 Å². The molecule has 0 aromatic heterocycles. The van der Waals surface area contributed by atoms with Gasteiger partial charge in [-0.15, -0.1) is 0 Å². The van der Waals surface area contributed by atoms with Crippen molar-refractivity contribution < 1.29 is 9.90 Å². The summed E-state index contributed by atoms with van der Waals surface area (Å²) < 4.78 is 0. The number of carbonyl (C=O) groups excluding carboxylic acids is 1. The van der Waals surface area contributed by atoms with Crippen molar-refractivity contribution in [1.82, 2.24) is 0 Å². The molecule has 0 aliphatic rings. The third-order valence-corrected chi connectivity index (χ3v) is 1.51. The Hall–Kier alpha value is -0.370. The summed E-state index contributed by atoms with van der Waals surface area (Å²) >= 11 is 0. The average Bonchev–Trinajstić information content (AvgIpc) is 1.97. The van der Waals surface area contributed by atoms with E-state index in [1.54, 1.807) is 0 Å². The van der Waals surface area contributed by atoms with Gasteiger partial charge in [-0.25, -0.2) is 0 Å². The molecule has 2 heteroatoms. The second kappa shape index (κ2) is 6.75. The molecule has 0 aromatic rings. The van der Waals surface area contributed by atoms with Gasteiger partial charge < -0.3 is 9.90 Å². The van der Waals surface area contributed by atoms with Crippen LogP contribution in [0.1, 0.15) is 39.0 Å². The molecular weight excluding hydrogens is 128 g/mol. The van der Waals surface area contributed by atoms with Gasteiger partial charge >= 0.3 is 0 Å². The van der Waals surface area contributed by atoms with Crippen LogP contribution in [0.4, 0.5) is 0 Å². The van der Waals surface area contributed by atoms with Gasteiger partial charge in [0, 0.05) is 6.42 Å². The zero-order valence-electron chi connectivity index (χ0n) is 6.55. The normalized spacial score (nSPS) is 13.0. The maximum atomic E-state index is 9.87. The predicted octanol–water partition coefficient (Wildman–Crippen LogP) is 1.52. The van der Waals surface area contributed by atoms with Gasteiger partial charge in [0.05, 0.1) is 6.10 Å². The van der Waals surface area contributed by atoms with Crippen LogP contribution in [-0.2, 0) is 4.79 Å². The van der Waals surface area contributed by atoms with E-state index >= 15 is 0 Å². The first-order chi connectivity index (χ1) is 4.81. The van der Waals surface area contributed by atoms with E-state index in [-0.39, 0.29) is 6.10 Å². The summed E-state index contributed by atoms with van der Waals surface area (Å²) in [5, 5.41) is 9.15. The molecule has 60 valence electrons. The maximum absolute atomic E-state index is 9.87. The van der Waals surface area contributed by atoms with Crippen LogP contribution in [0.3, 0.4) is 0 Å². The van der Waals surface area contributed by atoms with Crippen LogP contribution in [0.15, 0.2) is 0 Å². The van der Waals surface area contributed by atoms with Gasteiger partial charge in [-0.2, -0.15) is 0 Å². The largest absolute Gasteiger partial charge is 0.393 e. The van der Waals surface area contributed by atoms with Crippen molar-refractivity contribution in [3.8, 4) is 0 Å². The van der Waals surface area contributed by atoms with Crippen molar-refractivity contribution in [2.24, 2.45) is 0 Å². The van der Waals surface area contributed by atoms with Gasteiger partial charge in [-0.05, 0) is 12.8 Å². The summed E-state index contributed by atoms with van der Waals surface area (Å²) in [6.45, 7) is 2.09. The SMILES string of the molecule is CCCCC(O)CCC=O. The second-order valence-electron chi connectivity index (χ2n) is 2.54. The third-order valence-electron chi connectivity index (χ3n) is 1.51. The number of aliphatic hydroxyl groups excluding tert-OH is 1. The quantitative estimate of drug-likeness (QED) is 0.574. The molecule has 0 aliphatic heterocycles. The molecule has 1 atom stereocenters. The summed E-state index contributed by atoms with van der Waals surface area (Å²) in [5.41, 5.74) is 0. The Kier molecular flexibility index (Phi) is 6.50. The highest BCUT2D eigenvalue weighted by Gasteiger charge is 2.00. The first kappa shape index (κ1) is 9.63. The summed E-state index contributed by atoms with van der Waals surface area (Å²) in [6.07, 6.45) is 4.72. The van der Waals surface area contributed by atoms with E-state index in [0.717, 1.165) is 25.5 Å². The average molecular weight is 144 g/mol. The Morgan fingerprint density at radius 2 is 2.20 bits per heavy atom. The van der Waals surface area contributed by atoms with E-state index in [9.17, 15) is 4.79 Å². The van der Waals surface area contributed by atoms with Crippen molar-refractivity contribution >= 4 is 6.29 Å². The highest BCUT2D eigenvalue weighted by molar-refractivity contribution is 5.49. The number of aliphatic hydroxyl groups is 1. The lowest BCUT2D eigenvalue weighted by molar-refractivity contribution is -0.108. The van der Waals surface area contributed by atoms with Crippen molar-refractivity contribution in [3.63, 3.8) is 0 Å². The second-order valence-corrected chi connectivity index (χ2v) is 2.54. The Morgan fingerprint density at radius 3 is 2.70 bits per heavy atom. The molecule has 0 rings (SSSR count). The summed E-state index contributed by atoms with van der Waals surface area (Å²) in [6, 6.07) is 0. The van der Waals surface area contributed by atoms with Crippen LogP contribution in [0, 0.1) is 0 Å². The molecule has 0 bridgehead atoms. The Bertz CT molecular complexity index is 81.3.